The number of aliphatic carboxylic acids is 1. The van der Waals surface area contributed by atoms with Crippen molar-refractivity contribution in [3.63, 3.8) is 0 Å². The van der Waals surface area contributed by atoms with Crippen molar-refractivity contribution in [2.45, 2.75) is 70.9 Å². The summed E-state index contributed by atoms with van der Waals surface area (Å²) in [5.74, 6) is -0.795. The monoisotopic (exact) mass is 339 g/mol. The molecule has 0 bridgehead atoms. The first-order chi connectivity index (χ1) is 11.3. The normalized spacial score (nSPS) is 25.3. The maximum Gasteiger partial charge on any atom is 0.317 e. The van der Waals surface area contributed by atoms with E-state index in [9.17, 15) is 9.59 Å². The Labute approximate surface area is 145 Å². The maximum atomic E-state index is 12.5. The first-order valence-corrected chi connectivity index (χ1v) is 9.24. The van der Waals surface area contributed by atoms with Gasteiger partial charge in [-0.1, -0.05) is 13.8 Å². The number of hydrogen-bond donors (Lipinski definition) is 2. The summed E-state index contributed by atoms with van der Waals surface area (Å²) in [6.07, 6.45) is 7.19. The largest absolute Gasteiger partial charge is 0.480 e. The van der Waals surface area contributed by atoms with Gasteiger partial charge in [0.15, 0.2) is 0 Å². The molecule has 0 aromatic heterocycles. The van der Waals surface area contributed by atoms with Gasteiger partial charge in [0.05, 0.1) is 6.54 Å². The van der Waals surface area contributed by atoms with E-state index in [0.29, 0.717) is 18.0 Å². The number of carboxylic acids is 1. The molecule has 2 amide bonds. The molecule has 2 N–H and O–H groups in total. The van der Waals surface area contributed by atoms with Gasteiger partial charge in [0.2, 0.25) is 0 Å². The third-order valence-corrected chi connectivity index (χ3v) is 5.66. The van der Waals surface area contributed by atoms with Crippen LogP contribution in [0.25, 0.3) is 0 Å². The molecule has 0 aromatic rings. The number of rotatable bonds is 4. The zero-order valence-corrected chi connectivity index (χ0v) is 15.4. The fourth-order valence-corrected chi connectivity index (χ4v) is 3.87. The average Bonchev–Trinajstić information content (AvgIpc) is 2.75. The highest BCUT2D eigenvalue weighted by Gasteiger charge is 2.29. The van der Waals surface area contributed by atoms with Crippen LogP contribution in [-0.2, 0) is 4.79 Å². The second-order valence-electron chi connectivity index (χ2n) is 8.27. The van der Waals surface area contributed by atoms with Gasteiger partial charge in [0.25, 0.3) is 0 Å². The quantitative estimate of drug-likeness (QED) is 0.825. The molecule has 2 aliphatic rings. The average molecular weight is 339 g/mol. The van der Waals surface area contributed by atoms with E-state index >= 15 is 0 Å². The van der Waals surface area contributed by atoms with Crippen molar-refractivity contribution in [2.24, 2.45) is 5.41 Å². The third kappa shape index (κ3) is 5.65. The van der Waals surface area contributed by atoms with Gasteiger partial charge in [-0.25, -0.2) is 4.79 Å². The van der Waals surface area contributed by atoms with Crippen LogP contribution >= 0.6 is 0 Å². The van der Waals surface area contributed by atoms with Crippen LogP contribution < -0.4 is 5.32 Å². The fraction of sp³-hybridized carbons (Fsp3) is 0.889. The molecule has 1 unspecified atom stereocenters. The Morgan fingerprint density at radius 3 is 2.46 bits per heavy atom. The number of hydrogen-bond acceptors (Lipinski definition) is 3. The van der Waals surface area contributed by atoms with E-state index in [0.717, 1.165) is 38.6 Å². The number of amides is 2. The van der Waals surface area contributed by atoms with Gasteiger partial charge in [-0.15, -0.1) is 0 Å². The van der Waals surface area contributed by atoms with Crippen LogP contribution in [0.5, 0.6) is 0 Å². The molecule has 1 aliphatic carbocycles. The number of likely N-dealkylation sites (N-methyl/N-ethyl adjacent to an activating group) is 1. The highest BCUT2D eigenvalue weighted by atomic mass is 16.4. The molecule has 2 fully saturated rings. The smallest absolute Gasteiger partial charge is 0.317 e. The summed E-state index contributed by atoms with van der Waals surface area (Å²) in [5, 5.41) is 12.1. The predicted octanol–water partition coefficient (Wildman–Crippen LogP) is 2.54. The Morgan fingerprint density at radius 2 is 1.83 bits per heavy atom. The molecule has 0 radical (unpaired) electrons. The van der Waals surface area contributed by atoms with Crippen LogP contribution in [0.15, 0.2) is 0 Å². The number of carbonyl (C=O) groups is 2. The van der Waals surface area contributed by atoms with E-state index < -0.39 is 5.97 Å². The summed E-state index contributed by atoms with van der Waals surface area (Å²) in [5.41, 5.74) is 0.409. The lowest BCUT2D eigenvalue weighted by Gasteiger charge is -2.35. The van der Waals surface area contributed by atoms with Crippen molar-refractivity contribution in [1.82, 2.24) is 15.1 Å². The minimum Gasteiger partial charge on any atom is -0.480 e. The van der Waals surface area contributed by atoms with Gasteiger partial charge in [-0.3, -0.25) is 9.69 Å². The fourth-order valence-electron chi connectivity index (χ4n) is 3.87. The number of likely N-dealkylation sites (tertiary alicyclic amines) is 1. The zero-order chi connectivity index (χ0) is 17.7. The van der Waals surface area contributed by atoms with Crippen molar-refractivity contribution in [2.75, 3.05) is 26.7 Å². The molecule has 1 saturated carbocycles. The summed E-state index contributed by atoms with van der Waals surface area (Å²) in [4.78, 5) is 27.2. The summed E-state index contributed by atoms with van der Waals surface area (Å²) < 4.78 is 0. The Balaban J connectivity index is 1.78. The Kier molecular flexibility index (Phi) is 6.49. The van der Waals surface area contributed by atoms with Gasteiger partial charge in [0, 0.05) is 25.2 Å². The second kappa shape index (κ2) is 8.19. The summed E-state index contributed by atoms with van der Waals surface area (Å²) in [6.45, 7) is 6.13. The Morgan fingerprint density at radius 1 is 1.17 bits per heavy atom. The molecule has 1 saturated heterocycles. The Bertz CT molecular complexity index is 443. The minimum atomic E-state index is -0.795. The molecule has 0 aromatic carbocycles. The number of urea groups is 1. The number of carbonyl (C=O) groups excluding carboxylic acids is 1. The van der Waals surface area contributed by atoms with Crippen LogP contribution in [0.1, 0.15) is 58.8 Å². The van der Waals surface area contributed by atoms with Crippen molar-refractivity contribution in [3.8, 4) is 0 Å². The summed E-state index contributed by atoms with van der Waals surface area (Å²) in [6, 6.07) is 0.606. The lowest BCUT2D eigenvalue weighted by Crippen LogP contribution is -2.47. The zero-order valence-electron chi connectivity index (χ0n) is 15.4. The molecule has 1 atom stereocenters. The standard InChI is InChI=1S/C18H33N3O3/c1-18(2)9-6-14(7-10-18)19-17(24)21-11-4-5-15(8-12-21)20(3)13-16(22)23/h14-15H,4-13H2,1-3H3,(H,19,24)(H,22,23). The van der Waals surface area contributed by atoms with E-state index in [1.165, 1.54) is 12.8 Å². The highest BCUT2D eigenvalue weighted by Crippen LogP contribution is 2.35. The number of nitrogens with one attached hydrogen (secondary N) is 1. The summed E-state index contributed by atoms with van der Waals surface area (Å²) in [7, 11) is 1.86. The molecule has 1 heterocycles. The molecule has 2 rings (SSSR count). The van der Waals surface area contributed by atoms with E-state index in [1.54, 1.807) is 0 Å². The molecule has 24 heavy (non-hydrogen) atoms. The SMILES string of the molecule is CN(CC(=O)O)C1CCCN(C(=O)NC2CCC(C)(C)CC2)CC1. The van der Waals surface area contributed by atoms with Crippen LogP contribution in [-0.4, -0.2) is 65.7 Å². The number of carboxylic acid groups (broad SMARTS) is 1. The lowest BCUT2D eigenvalue weighted by molar-refractivity contribution is -0.138. The molecule has 0 spiro atoms. The van der Waals surface area contributed by atoms with Crippen LogP contribution in [0, 0.1) is 5.41 Å². The molecule has 6 nitrogen and oxygen atoms in total. The third-order valence-electron chi connectivity index (χ3n) is 5.66. The topological polar surface area (TPSA) is 72.9 Å². The Hall–Kier alpha value is -1.30. The van der Waals surface area contributed by atoms with Crippen LogP contribution in [0.3, 0.4) is 0 Å². The first-order valence-electron chi connectivity index (χ1n) is 9.24. The van der Waals surface area contributed by atoms with E-state index in [4.69, 9.17) is 5.11 Å². The van der Waals surface area contributed by atoms with Crippen LogP contribution in [0.4, 0.5) is 4.79 Å². The molecular formula is C18H33N3O3. The van der Waals surface area contributed by atoms with Crippen LogP contribution in [0.2, 0.25) is 0 Å². The minimum absolute atomic E-state index is 0.0567. The van der Waals surface area contributed by atoms with Crippen molar-refractivity contribution in [1.29, 1.82) is 0 Å². The van der Waals surface area contributed by atoms with Gasteiger partial charge in [-0.05, 0) is 57.4 Å². The highest BCUT2D eigenvalue weighted by molar-refractivity contribution is 5.74. The van der Waals surface area contributed by atoms with Gasteiger partial charge in [0.1, 0.15) is 0 Å². The maximum absolute atomic E-state index is 12.5. The second-order valence-corrected chi connectivity index (χ2v) is 8.27. The van der Waals surface area contributed by atoms with E-state index in [-0.39, 0.29) is 18.6 Å². The van der Waals surface area contributed by atoms with Gasteiger partial charge < -0.3 is 15.3 Å². The van der Waals surface area contributed by atoms with E-state index in [1.807, 2.05) is 16.8 Å². The van der Waals surface area contributed by atoms with Gasteiger partial charge >= 0.3 is 12.0 Å². The summed E-state index contributed by atoms with van der Waals surface area (Å²) >= 11 is 0. The van der Waals surface area contributed by atoms with Gasteiger partial charge in [-0.2, -0.15) is 0 Å². The first kappa shape index (κ1) is 19.0. The molecular weight excluding hydrogens is 306 g/mol. The van der Waals surface area contributed by atoms with E-state index in [2.05, 4.69) is 19.2 Å². The molecule has 1 aliphatic heterocycles. The molecule has 6 heteroatoms. The van der Waals surface area contributed by atoms with Crippen molar-refractivity contribution in [3.05, 3.63) is 0 Å². The predicted molar refractivity (Wildman–Crippen MR) is 94.0 cm³/mol. The van der Waals surface area contributed by atoms with Crippen molar-refractivity contribution >= 4 is 12.0 Å². The molecule has 138 valence electrons. The number of nitrogens with zero attached hydrogens (tertiary/aromatic N) is 2. The van der Waals surface area contributed by atoms with Crippen molar-refractivity contribution < 1.29 is 14.7 Å². The lowest BCUT2D eigenvalue weighted by atomic mass is 9.75.